The minimum atomic E-state index is 0.0704. The lowest BCUT2D eigenvalue weighted by Crippen LogP contribution is -2.40. The molecule has 1 aliphatic rings. The summed E-state index contributed by atoms with van der Waals surface area (Å²) in [6.45, 7) is 3.48. The van der Waals surface area contributed by atoms with Gasteiger partial charge in [0.1, 0.15) is 22.8 Å². The number of Topliss-reactive ketones (excluding diaryl/α,β-unsaturated/α-hetero) is 1. The number of hydrogen-bond acceptors (Lipinski definition) is 5. The number of anilines is 1. The molecule has 4 rings (SSSR count). The summed E-state index contributed by atoms with van der Waals surface area (Å²) in [5.41, 5.74) is 1.20. The molecule has 0 N–H and O–H groups in total. The Bertz CT molecular complexity index is 859. The van der Waals surface area contributed by atoms with Gasteiger partial charge in [-0.1, -0.05) is 37.3 Å². The number of ketones is 1. The van der Waals surface area contributed by atoms with Crippen molar-refractivity contribution in [2.24, 2.45) is 5.92 Å². The van der Waals surface area contributed by atoms with Gasteiger partial charge in [-0.3, -0.25) is 4.79 Å². The number of hydrogen-bond donors (Lipinski definition) is 0. The first-order valence-corrected chi connectivity index (χ1v) is 8.61. The maximum atomic E-state index is 11.8. The van der Waals surface area contributed by atoms with E-state index in [1.165, 1.54) is 10.4 Å². The van der Waals surface area contributed by atoms with Crippen molar-refractivity contribution >= 4 is 33.2 Å². The molecule has 0 bridgehead atoms. The third-order valence-electron chi connectivity index (χ3n) is 4.34. The van der Waals surface area contributed by atoms with E-state index in [4.69, 9.17) is 0 Å². The zero-order valence-electron chi connectivity index (χ0n) is 12.9. The summed E-state index contributed by atoms with van der Waals surface area (Å²) in [5.74, 6) is 1.37. The Balaban J connectivity index is 1.76. The summed E-state index contributed by atoms with van der Waals surface area (Å²) in [5, 5.41) is 1.08. The van der Waals surface area contributed by atoms with Crippen LogP contribution in [0.4, 0.5) is 5.82 Å². The fraction of sp³-hybridized carbons (Fsp3) is 0.278. The third kappa shape index (κ3) is 2.61. The zero-order valence-corrected chi connectivity index (χ0v) is 13.7. The number of carbonyl (C=O) groups is 1. The summed E-state index contributed by atoms with van der Waals surface area (Å²) in [6.07, 6.45) is 2.23. The van der Waals surface area contributed by atoms with Gasteiger partial charge in [0.05, 0.1) is 5.39 Å². The Morgan fingerprint density at radius 3 is 2.83 bits per heavy atom. The molecule has 23 heavy (non-hydrogen) atoms. The average Bonchev–Trinajstić information content (AvgIpc) is 3.02. The number of piperidine rings is 1. The van der Waals surface area contributed by atoms with Crippen molar-refractivity contribution in [2.75, 3.05) is 18.0 Å². The average molecular weight is 323 g/mol. The minimum absolute atomic E-state index is 0.0704. The van der Waals surface area contributed by atoms with Crippen LogP contribution in [0.5, 0.6) is 0 Å². The van der Waals surface area contributed by atoms with Crippen LogP contribution in [0.3, 0.4) is 0 Å². The van der Waals surface area contributed by atoms with Crippen molar-refractivity contribution in [3.8, 4) is 10.4 Å². The second kappa shape index (κ2) is 5.74. The lowest BCUT2D eigenvalue weighted by molar-refractivity contribution is -0.122. The lowest BCUT2D eigenvalue weighted by Gasteiger charge is -2.31. The molecule has 1 aliphatic heterocycles. The van der Waals surface area contributed by atoms with Gasteiger partial charge in [0.25, 0.3) is 0 Å². The highest BCUT2D eigenvalue weighted by molar-refractivity contribution is 7.21. The van der Waals surface area contributed by atoms with Crippen molar-refractivity contribution in [3.63, 3.8) is 0 Å². The number of thiophene rings is 1. The Hall–Kier alpha value is -2.27. The number of rotatable bonds is 2. The van der Waals surface area contributed by atoms with Gasteiger partial charge in [-0.25, -0.2) is 9.97 Å². The van der Waals surface area contributed by atoms with Crippen LogP contribution in [0.25, 0.3) is 20.7 Å². The van der Waals surface area contributed by atoms with Gasteiger partial charge in [0.2, 0.25) is 0 Å². The van der Waals surface area contributed by atoms with Crippen molar-refractivity contribution in [2.45, 2.75) is 13.3 Å². The molecule has 1 saturated heterocycles. The Morgan fingerprint density at radius 1 is 1.22 bits per heavy atom. The molecule has 1 fully saturated rings. The molecule has 1 atom stereocenters. The van der Waals surface area contributed by atoms with Crippen molar-refractivity contribution < 1.29 is 4.79 Å². The van der Waals surface area contributed by atoms with E-state index in [-0.39, 0.29) is 5.92 Å². The molecule has 2 aromatic heterocycles. The van der Waals surface area contributed by atoms with Crippen molar-refractivity contribution in [3.05, 3.63) is 42.7 Å². The van der Waals surface area contributed by atoms with Crippen LogP contribution in [-0.4, -0.2) is 28.8 Å². The molecule has 3 heterocycles. The lowest BCUT2D eigenvalue weighted by atomic mass is 9.98. The largest absolute Gasteiger partial charge is 0.355 e. The van der Waals surface area contributed by atoms with E-state index in [1.54, 1.807) is 17.7 Å². The van der Waals surface area contributed by atoms with Crippen molar-refractivity contribution in [1.82, 2.24) is 9.97 Å². The molecule has 0 saturated carbocycles. The molecule has 1 aromatic carbocycles. The van der Waals surface area contributed by atoms with Crippen LogP contribution in [0.1, 0.15) is 13.3 Å². The van der Waals surface area contributed by atoms with Crippen LogP contribution in [0, 0.1) is 5.92 Å². The van der Waals surface area contributed by atoms with Crippen LogP contribution in [0.15, 0.2) is 42.7 Å². The molecule has 0 aliphatic carbocycles. The predicted octanol–water partition coefficient (Wildman–Crippen LogP) is 3.77. The Morgan fingerprint density at radius 2 is 2.04 bits per heavy atom. The van der Waals surface area contributed by atoms with E-state index in [2.05, 4.69) is 33.1 Å². The van der Waals surface area contributed by atoms with E-state index in [9.17, 15) is 4.79 Å². The van der Waals surface area contributed by atoms with Gasteiger partial charge < -0.3 is 4.90 Å². The van der Waals surface area contributed by atoms with Gasteiger partial charge >= 0.3 is 0 Å². The van der Waals surface area contributed by atoms with Gasteiger partial charge in [-0.05, 0) is 11.6 Å². The highest BCUT2D eigenvalue weighted by Crippen LogP contribution is 2.36. The number of nitrogens with zero attached hydrogens (tertiary/aromatic N) is 3. The number of benzene rings is 1. The molecule has 116 valence electrons. The Kier molecular flexibility index (Phi) is 3.58. The number of carbonyl (C=O) groups excluding carboxylic acids is 1. The highest BCUT2D eigenvalue weighted by atomic mass is 32.1. The fourth-order valence-corrected chi connectivity index (χ4v) is 4.05. The smallest absolute Gasteiger partial charge is 0.140 e. The van der Waals surface area contributed by atoms with Gasteiger partial charge in [0.15, 0.2) is 0 Å². The second-order valence-corrected chi connectivity index (χ2v) is 6.99. The molecular weight excluding hydrogens is 306 g/mol. The summed E-state index contributed by atoms with van der Waals surface area (Å²) in [4.78, 5) is 25.1. The van der Waals surface area contributed by atoms with E-state index >= 15 is 0 Å². The molecule has 5 heteroatoms. The summed E-state index contributed by atoms with van der Waals surface area (Å²) in [7, 11) is 0. The van der Waals surface area contributed by atoms with Crippen LogP contribution in [-0.2, 0) is 4.79 Å². The second-order valence-electron chi connectivity index (χ2n) is 5.96. The van der Waals surface area contributed by atoms with E-state index in [0.717, 1.165) is 29.1 Å². The maximum Gasteiger partial charge on any atom is 0.140 e. The predicted molar refractivity (Wildman–Crippen MR) is 93.9 cm³/mol. The number of fused-ring (bicyclic) bond motifs is 1. The van der Waals surface area contributed by atoms with E-state index < -0.39 is 0 Å². The molecule has 1 unspecified atom stereocenters. The fourth-order valence-electron chi connectivity index (χ4n) is 3.05. The molecule has 4 nitrogen and oxygen atoms in total. The Labute approximate surface area is 138 Å². The SMILES string of the molecule is CC1CN(c2ncnc3sc(-c4ccccc4)cc23)CCC1=O. The summed E-state index contributed by atoms with van der Waals surface area (Å²) in [6, 6.07) is 12.5. The van der Waals surface area contributed by atoms with Gasteiger partial charge in [-0.2, -0.15) is 0 Å². The monoisotopic (exact) mass is 323 g/mol. The first-order valence-electron chi connectivity index (χ1n) is 7.80. The molecule has 0 amide bonds. The highest BCUT2D eigenvalue weighted by Gasteiger charge is 2.26. The quantitative estimate of drug-likeness (QED) is 0.720. The van der Waals surface area contributed by atoms with E-state index in [1.807, 2.05) is 25.1 Å². The van der Waals surface area contributed by atoms with Gasteiger partial charge in [-0.15, -0.1) is 11.3 Å². The van der Waals surface area contributed by atoms with Crippen molar-refractivity contribution in [1.29, 1.82) is 0 Å². The molecule has 3 aromatic rings. The van der Waals surface area contributed by atoms with Crippen LogP contribution >= 0.6 is 11.3 Å². The molecular formula is C18H17N3OS. The molecule has 0 spiro atoms. The van der Waals surface area contributed by atoms with Crippen LogP contribution in [0.2, 0.25) is 0 Å². The normalized spacial score (nSPS) is 18.6. The maximum absolute atomic E-state index is 11.8. The minimum Gasteiger partial charge on any atom is -0.355 e. The van der Waals surface area contributed by atoms with E-state index in [0.29, 0.717) is 12.2 Å². The topological polar surface area (TPSA) is 46.1 Å². The van der Waals surface area contributed by atoms with Gasteiger partial charge in [0, 0.05) is 30.3 Å². The molecule has 0 radical (unpaired) electrons. The standard InChI is InChI=1S/C18H17N3OS/c1-12-10-21(8-7-15(12)22)17-14-9-16(13-5-3-2-4-6-13)23-18(14)20-11-19-17/h2-6,9,11-12H,7-8,10H2,1H3. The first-order chi connectivity index (χ1) is 11.2. The summed E-state index contributed by atoms with van der Waals surface area (Å²) < 4.78 is 0. The number of aromatic nitrogens is 2. The summed E-state index contributed by atoms with van der Waals surface area (Å²) >= 11 is 1.69. The zero-order chi connectivity index (χ0) is 15.8. The first kappa shape index (κ1) is 14.3. The third-order valence-corrected chi connectivity index (χ3v) is 5.43. The van der Waals surface area contributed by atoms with Crippen LogP contribution < -0.4 is 4.90 Å².